The van der Waals surface area contributed by atoms with E-state index in [2.05, 4.69) is 5.32 Å². The van der Waals surface area contributed by atoms with Crippen LogP contribution in [0.2, 0.25) is 0 Å². The number of carbonyl (C=O) groups is 2. The minimum atomic E-state index is -0.149. The highest BCUT2D eigenvalue weighted by Gasteiger charge is 2.28. The predicted octanol–water partition coefficient (Wildman–Crippen LogP) is 0.615. The monoisotopic (exact) mass is 153 g/mol. The smallest absolute Gasteiger partial charge is 0.230 e. The van der Waals surface area contributed by atoms with Crippen LogP contribution in [-0.4, -0.2) is 11.8 Å². The SMILES string of the molecule is C/C=C/CC1CC(=O)NC1=O. The Labute approximate surface area is 65.5 Å². The molecule has 0 aromatic heterocycles. The van der Waals surface area contributed by atoms with Crippen molar-refractivity contribution in [2.24, 2.45) is 5.92 Å². The number of amides is 2. The molecule has 0 saturated carbocycles. The summed E-state index contributed by atoms with van der Waals surface area (Å²) in [5.74, 6) is -0.406. The van der Waals surface area contributed by atoms with E-state index in [4.69, 9.17) is 0 Å². The minimum absolute atomic E-state index is 0.126. The Morgan fingerprint density at radius 1 is 1.64 bits per heavy atom. The number of carbonyl (C=O) groups excluding carboxylic acids is 2. The van der Waals surface area contributed by atoms with Gasteiger partial charge in [0.05, 0.1) is 5.92 Å². The van der Waals surface area contributed by atoms with Gasteiger partial charge in [-0.25, -0.2) is 0 Å². The Hall–Kier alpha value is -1.12. The van der Waals surface area contributed by atoms with Crippen LogP contribution in [0.1, 0.15) is 19.8 Å². The van der Waals surface area contributed by atoms with E-state index in [1.54, 1.807) is 0 Å². The van der Waals surface area contributed by atoms with Gasteiger partial charge in [-0.1, -0.05) is 12.2 Å². The molecule has 3 heteroatoms. The third-order valence-corrected chi connectivity index (χ3v) is 1.72. The molecule has 1 heterocycles. The Morgan fingerprint density at radius 3 is 2.82 bits per heavy atom. The number of allylic oxidation sites excluding steroid dienone is 2. The highest BCUT2D eigenvalue weighted by Crippen LogP contribution is 2.14. The molecule has 1 saturated heterocycles. The second kappa shape index (κ2) is 3.32. The fourth-order valence-electron chi connectivity index (χ4n) is 1.10. The van der Waals surface area contributed by atoms with Crippen LogP contribution in [0.25, 0.3) is 0 Å². The third-order valence-electron chi connectivity index (χ3n) is 1.72. The van der Waals surface area contributed by atoms with Gasteiger partial charge in [0.2, 0.25) is 11.8 Å². The molecule has 1 aliphatic heterocycles. The Kier molecular flexibility index (Phi) is 2.41. The van der Waals surface area contributed by atoms with Crippen LogP contribution in [0.15, 0.2) is 12.2 Å². The van der Waals surface area contributed by atoms with E-state index in [1.807, 2.05) is 19.1 Å². The quantitative estimate of drug-likeness (QED) is 0.467. The van der Waals surface area contributed by atoms with E-state index < -0.39 is 0 Å². The molecule has 1 rings (SSSR count). The second-order valence-electron chi connectivity index (χ2n) is 2.62. The van der Waals surface area contributed by atoms with Crippen molar-refractivity contribution in [3.05, 3.63) is 12.2 Å². The molecule has 0 aromatic rings. The maximum Gasteiger partial charge on any atom is 0.230 e. The van der Waals surface area contributed by atoms with Crippen molar-refractivity contribution in [1.82, 2.24) is 5.32 Å². The zero-order valence-corrected chi connectivity index (χ0v) is 6.46. The van der Waals surface area contributed by atoms with Gasteiger partial charge in [-0.3, -0.25) is 14.9 Å². The Morgan fingerprint density at radius 2 is 2.36 bits per heavy atom. The summed E-state index contributed by atoms with van der Waals surface area (Å²) in [6.07, 6.45) is 4.82. The van der Waals surface area contributed by atoms with Crippen molar-refractivity contribution in [2.45, 2.75) is 19.8 Å². The molecule has 11 heavy (non-hydrogen) atoms. The third kappa shape index (κ3) is 1.90. The topological polar surface area (TPSA) is 46.2 Å². The van der Waals surface area contributed by atoms with Crippen LogP contribution >= 0.6 is 0 Å². The fraction of sp³-hybridized carbons (Fsp3) is 0.500. The van der Waals surface area contributed by atoms with Crippen molar-refractivity contribution in [3.63, 3.8) is 0 Å². The van der Waals surface area contributed by atoms with Crippen LogP contribution in [-0.2, 0) is 9.59 Å². The summed E-state index contributed by atoms with van der Waals surface area (Å²) in [6, 6.07) is 0. The molecule has 2 amide bonds. The molecule has 1 atom stereocenters. The van der Waals surface area contributed by atoms with Crippen LogP contribution in [0.5, 0.6) is 0 Å². The average molecular weight is 153 g/mol. The summed E-state index contributed by atoms with van der Waals surface area (Å²) in [5.41, 5.74) is 0. The van der Waals surface area contributed by atoms with E-state index in [1.165, 1.54) is 0 Å². The average Bonchev–Trinajstić information content (AvgIpc) is 2.26. The molecule has 0 aromatic carbocycles. The van der Waals surface area contributed by atoms with Gasteiger partial charge >= 0.3 is 0 Å². The standard InChI is InChI=1S/C8H11NO2/c1-2-3-4-6-5-7(10)9-8(6)11/h2-3,6H,4-5H2,1H3,(H,9,10,11)/b3-2+. The normalized spacial score (nSPS) is 24.6. The zero-order chi connectivity index (χ0) is 8.27. The molecule has 0 aliphatic carbocycles. The summed E-state index contributed by atoms with van der Waals surface area (Å²) >= 11 is 0. The zero-order valence-electron chi connectivity index (χ0n) is 6.46. The van der Waals surface area contributed by atoms with E-state index in [-0.39, 0.29) is 17.7 Å². The van der Waals surface area contributed by atoms with Crippen LogP contribution < -0.4 is 5.32 Å². The molecule has 1 N–H and O–H groups in total. The summed E-state index contributed by atoms with van der Waals surface area (Å²) in [7, 11) is 0. The van der Waals surface area contributed by atoms with E-state index in [0.29, 0.717) is 12.8 Å². The van der Waals surface area contributed by atoms with Gasteiger partial charge < -0.3 is 0 Å². The Balaban J connectivity index is 2.47. The number of hydrogen-bond donors (Lipinski definition) is 1. The molecule has 3 nitrogen and oxygen atoms in total. The maximum atomic E-state index is 10.9. The molecule has 1 unspecified atom stereocenters. The number of nitrogens with one attached hydrogen (secondary N) is 1. The summed E-state index contributed by atoms with van der Waals surface area (Å²) in [5, 5.41) is 2.26. The molecule has 60 valence electrons. The number of rotatable bonds is 2. The molecule has 1 fully saturated rings. The largest absolute Gasteiger partial charge is 0.296 e. The first kappa shape index (κ1) is 7.98. The van der Waals surface area contributed by atoms with E-state index >= 15 is 0 Å². The van der Waals surface area contributed by atoms with Crippen LogP contribution in [0.3, 0.4) is 0 Å². The highest BCUT2D eigenvalue weighted by molar-refractivity contribution is 6.03. The summed E-state index contributed by atoms with van der Waals surface area (Å²) < 4.78 is 0. The summed E-state index contributed by atoms with van der Waals surface area (Å²) in [6.45, 7) is 1.90. The van der Waals surface area contributed by atoms with Crippen molar-refractivity contribution in [3.8, 4) is 0 Å². The van der Waals surface area contributed by atoms with E-state index in [0.717, 1.165) is 0 Å². The first-order valence-electron chi connectivity index (χ1n) is 3.69. The van der Waals surface area contributed by atoms with Crippen molar-refractivity contribution in [2.75, 3.05) is 0 Å². The van der Waals surface area contributed by atoms with Gasteiger partial charge in [0.1, 0.15) is 0 Å². The lowest BCUT2D eigenvalue weighted by atomic mass is 10.0. The molecular formula is C8H11NO2. The van der Waals surface area contributed by atoms with Gasteiger partial charge in [0.15, 0.2) is 0 Å². The lowest BCUT2D eigenvalue weighted by molar-refractivity contribution is -0.125. The van der Waals surface area contributed by atoms with Gasteiger partial charge in [-0.05, 0) is 13.3 Å². The Bertz CT molecular complexity index is 208. The molecule has 0 radical (unpaired) electrons. The lowest BCUT2D eigenvalue weighted by Crippen LogP contribution is -2.21. The van der Waals surface area contributed by atoms with Crippen molar-refractivity contribution in [1.29, 1.82) is 0 Å². The summed E-state index contributed by atoms with van der Waals surface area (Å²) in [4.78, 5) is 21.6. The van der Waals surface area contributed by atoms with Crippen molar-refractivity contribution >= 4 is 11.8 Å². The predicted molar refractivity (Wildman–Crippen MR) is 40.7 cm³/mol. The second-order valence-corrected chi connectivity index (χ2v) is 2.62. The van der Waals surface area contributed by atoms with Gasteiger partial charge in [-0.2, -0.15) is 0 Å². The maximum absolute atomic E-state index is 10.9. The van der Waals surface area contributed by atoms with Gasteiger partial charge in [0, 0.05) is 6.42 Å². The highest BCUT2D eigenvalue weighted by atomic mass is 16.2. The minimum Gasteiger partial charge on any atom is -0.296 e. The molecule has 0 bridgehead atoms. The first-order chi connectivity index (χ1) is 5.24. The number of hydrogen-bond acceptors (Lipinski definition) is 2. The molecule has 1 aliphatic rings. The van der Waals surface area contributed by atoms with Crippen LogP contribution in [0.4, 0.5) is 0 Å². The molecular weight excluding hydrogens is 142 g/mol. The first-order valence-corrected chi connectivity index (χ1v) is 3.69. The van der Waals surface area contributed by atoms with Crippen molar-refractivity contribution < 1.29 is 9.59 Å². The van der Waals surface area contributed by atoms with Gasteiger partial charge in [0.25, 0.3) is 0 Å². The fourth-order valence-corrected chi connectivity index (χ4v) is 1.10. The lowest BCUT2D eigenvalue weighted by Gasteiger charge is -1.98. The number of imide groups is 1. The van der Waals surface area contributed by atoms with Gasteiger partial charge in [-0.15, -0.1) is 0 Å². The van der Waals surface area contributed by atoms with Crippen LogP contribution in [0, 0.1) is 5.92 Å². The van der Waals surface area contributed by atoms with E-state index in [9.17, 15) is 9.59 Å². The molecule has 0 spiro atoms.